The van der Waals surface area contributed by atoms with Gasteiger partial charge in [-0.1, -0.05) is 18.5 Å². The minimum atomic E-state index is -3.72. The first-order valence-corrected chi connectivity index (χ1v) is 9.03. The predicted molar refractivity (Wildman–Crippen MR) is 86.1 cm³/mol. The molecule has 3 N–H and O–H groups in total. The molecule has 0 fully saturated rings. The van der Waals surface area contributed by atoms with Crippen LogP contribution < -0.4 is 10.5 Å². The molecular formula is C13H16ClN3O2S2. The number of nitrogens with one attached hydrogen (secondary N) is 1. The van der Waals surface area contributed by atoms with E-state index in [-0.39, 0.29) is 10.6 Å². The Morgan fingerprint density at radius 2 is 2.19 bits per heavy atom. The summed E-state index contributed by atoms with van der Waals surface area (Å²) >= 11 is 7.28. The summed E-state index contributed by atoms with van der Waals surface area (Å²) in [5, 5.41) is 1.12. The Hall–Kier alpha value is -1.15. The Labute approximate surface area is 133 Å². The number of nitrogens with two attached hydrogens (primary N) is 1. The number of halogens is 1. The summed E-state index contributed by atoms with van der Waals surface area (Å²) in [7, 11) is -3.72. The lowest BCUT2D eigenvalue weighted by Crippen LogP contribution is -2.27. The third kappa shape index (κ3) is 3.74. The van der Waals surface area contributed by atoms with Crippen molar-refractivity contribution < 1.29 is 8.42 Å². The molecule has 0 amide bonds. The van der Waals surface area contributed by atoms with Gasteiger partial charge < -0.3 is 5.73 Å². The van der Waals surface area contributed by atoms with E-state index in [0.29, 0.717) is 5.02 Å². The normalized spacial score (nSPS) is 13.3. The molecule has 1 unspecified atom stereocenters. The summed E-state index contributed by atoms with van der Waals surface area (Å²) in [5.74, 6) is 0. The van der Waals surface area contributed by atoms with Crippen LogP contribution in [-0.2, 0) is 16.4 Å². The van der Waals surface area contributed by atoms with Crippen molar-refractivity contribution in [3.63, 3.8) is 0 Å². The Morgan fingerprint density at radius 3 is 2.76 bits per heavy atom. The fourth-order valence-corrected chi connectivity index (χ4v) is 4.23. The van der Waals surface area contributed by atoms with Crippen molar-refractivity contribution in [2.75, 3.05) is 5.73 Å². The van der Waals surface area contributed by atoms with Crippen molar-refractivity contribution in [3.05, 3.63) is 39.3 Å². The number of aryl methyl sites for hydroxylation is 1. The predicted octanol–water partition coefficient (Wildman–Crippen LogP) is 2.98. The first-order valence-electron chi connectivity index (χ1n) is 6.35. The Morgan fingerprint density at radius 1 is 1.48 bits per heavy atom. The quantitative estimate of drug-likeness (QED) is 0.816. The smallest absolute Gasteiger partial charge is 0.243 e. The third-order valence-corrected chi connectivity index (χ3v) is 6.06. The first kappa shape index (κ1) is 16.2. The van der Waals surface area contributed by atoms with Crippen LogP contribution in [0.3, 0.4) is 0 Å². The van der Waals surface area contributed by atoms with E-state index in [4.69, 9.17) is 17.3 Å². The van der Waals surface area contributed by atoms with E-state index in [1.807, 2.05) is 6.92 Å². The molecule has 21 heavy (non-hydrogen) atoms. The molecule has 1 atom stereocenters. The van der Waals surface area contributed by atoms with Crippen LogP contribution in [0.2, 0.25) is 5.02 Å². The maximum atomic E-state index is 12.4. The van der Waals surface area contributed by atoms with E-state index >= 15 is 0 Å². The number of sulfonamides is 1. The van der Waals surface area contributed by atoms with E-state index in [2.05, 4.69) is 9.71 Å². The number of hydrogen-bond donors (Lipinski definition) is 2. The fraction of sp³-hybridized carbons (Fsp3) is 0.308. The zero-order valence-corrected chi connectivity index (χ0v) is 14.0. The maximum absolute atomic E-state index is 12.4. The molecule has 0 spiro atoms. The van der Waals surface area contributed by atoms with Crippen LogP contribution in [0.4, 0.5) is 5.69 Å². The van der Waals surface area contributed by atoms with Crippen LogP contribution in [-0.4, -0.2) is 13.4 Å². The number of nitrogen functional groups attached to an aromatic ring is 1. The molecule has 2 aromatic rings. The van der Waals surface area contributed by atoms with Crippen molar-refractivity contribution in [1.82, 2.24) is 9.71 Å². The second-order valence-corrected chi connectivity index (χ2v) is 7.81. The molecule has 0 aliphatic carbocycles. The van der Waals surface area contributed by atoms with Gasteiger partial charge in [-0.3, -0.25) is 0 Å². The largest absolute Gasteiger partial charge is 0.398 e. The second-order valence-electron chi connectivity index (χ2n) is 4.54. The highest BCUT2D eigenvalue weighted by Crippen LogP contribution is 2.26. The maximum Gasteiger partial charge on any atom is 0.243 e. The van der Waals surface area contributed by atoms with Crippen LogP contribution in [0.25, 0.3) is 0 Å². The molecule has 0 radical (unpaired) electrons. The van der Waals surface area contributed by atoms with Gasteiger partial charge in [0.1, 0.15) is 9.90 Å². The van der Waals surface area contributed by atoms with Crippen LogP contribution in [0.15, 0.2) is 29.3 Å². The average Bonchev–Trinajstić information content (AvgIpc) is 2.86. The summed E-state index contributed by atoms with van der Waals surface area (Å²) in [4.78, 5) is 5.37. The minimum Gasteiger partial charge on any atom is -0.398 e. The van der Waals surface area contributed by atoms with Gasteiger partial charge in [-0.2, -0.15) is 0 Å². The molecule has 5 nitrogen and oxygen atoms in total. The number of rotatable bonds is 5. The third-order valence-electron chi connectivity index (χ3n) is 2.88. The minimum absolute atomic E-state index is 0.0195. The SMILES string of the molecule is CCc1cnc(C(C)NS(=O)(=O)c2ccc(Cl)cc2N)s1. The molecule has 0 bridgehead atoms. The van der Waals surface area contributed by atoms with Crippen molar-refractivity contribution in [2.45, 2.75) is 31.2 Å². The lowest BCUT2D eigenvalue weighted by atomic mass is 10.3. The van der Waals surface area contributed by atoms with Gasteiger partial charge in [0, 0.05) is 16.1 Å². The highest BCUT2D eigenvalue weighted by Gasteiger charge is 2.22. The summed E-state index contributed by atoms with van der Waals surface area (Å²) in [5.41, 5.74) is 5.85. The van der Waals surface area contributed by atoms with Crippen molar-refractivity contribution in [2.24, 2.45) is 0 Å². The van der Waals surface area contributed by atoms with Crippen LogP contribution in [0.1, 0.15) is 29.8 Å². The summed E-state index contributed by atoms with van der Waals surface area (Å²) in [6.07, 6.45) is 2.64. The molecule has 0 aliphatic heterocycles. The zero-order chi connectivity index (χ0) is 15.6. The molecular weight excluding hydrogens is 330 g/mol. The topological polar surface area (TPSA) is 85.1 Å². The number of hydrogen-bond acceptors (Lipinski definition) is 5. The average molecular weight is 346 g/mol. The Balaban J connectivity index is 2.24. The van der Waals surface area contributed by atoms with Gasteiger partial charge in [-0.15, -0.1) is 11.3 Å². The second kappa shape index (κ2) is 6.31. The van der Waals surface area contributed by atoms with Crippen LogP contribution >= 0.6 is 22.9 Å². The number of thiazole rings is 1. The highest BCUT2D eigenvalue weighted by molar-refractivity contribution is 7.89. The monoisotopic (exact) mass is 345 g/mol. The lowest BCUT2D eigenvalue weighted by molar-refractivity contribution is 0.567. The van der Waals surface area contributed by atoms with Gasteiger partial charge in [0.2, 0.25) is 10.0 Å². The van der Waals surface area contributed by atoms with Crippen LogP contribution in [0, 0.1) is 0 Å². The highest BCUT2D eigenvalue weighted by atomic mass is 35.5. The molecule has 114 valence electrons. The summed E-state index contributed by atoms with van der Waals surface area (Å²) in [6, 6.07) is 3.89. The molecule has 1 aromatic carbocycles. The van der Waals surface area contributed by atoms with E-state index in [1.54, 1.807) is 13.1 Å². The number of nitrogens with zero attached hydrogens (tertiary/aromatic N) is 1. The summed E-state index contributed by atoms with van der Waals surface area (Å²) < 4.78 is 27.3. The summed E-state index contributed by atoms with van der Waals surface area (Å²) in [6.45, 7) is 3.78. The lowest BCUT2D eigenvalue weighted by Gasteiger charge is -2.13. The molecule has 8 heteroatoms. The van der Waals surface area contributed by atoms with Crippen molar-refractivity contribution in [1.29, 1.82) is 0 Å². The van der Waals surface area contributed by atoms with E-state index in [0.717, 1.165) is 16.3 Å². The fourth-order valence-electron chi connectivity index (χ4n) is 1.80. The number of anilines is 1. The van der Waals surface area contributed by atoms with Crippen molar-refractivity contribution >= 4 is 38.6 Å². The molecule has 2 rings (SSSR count). The van der Waals surface area contributed by atoms with E-state index in [1.165, 1.54) is 29.5 Å². The van der Waals surface area contributed by atoms with Crippen LogP contribution in [0.5, 0.6) is 0 Å². The number of benzene rings is 1. The molecule has 0 saturated carbocycles. The molecule has 1 aromatic heterocycles. The van der Waals surface area contributed by atoms with Gasteiger partial charge in [0.25, 0.3) is 0 Å². The molecule has 0 saturated heterocycles. The van der Waals surface area contributed by atoms with Gasteiger partial charge >= 0.3 is 0 Å². The standard InChI is InChI=1S/C13H16ClN3O2S2/c1-3-10-7-16-13(20-10)8(2)17-21(18,19)12-5-4-9(14)6-11(12)15/h4-8,17H,3,15H2,1-2H3. The molecule has 0 aliphatic rings. The zero-order valence-electron chi connectivity index (χ0n) is 11.6. The van der Waals surface area contributed by atoms with E-state index in [9.17, 15) is 8.42 Å². The first-order chi connectivity index (χ1) is 9.83. The van der Waals surface area contributed by atoms with Gasteiger partial charge in [0.05, 0.1) is 11.7 Å². The van der Waals surface area contributed by atoms with Gasteiger partial charge in [-0.05, 0) is 31.5 Å². The van der Waals surface area contributed by atoms with Gasteiger partial charge in [0.15, 0.2) is 0 Å². The van der Waals surface area contributed by atoms with E-state index < -0.39 is 16.1 Å². The number of aromatic nitrogens is 1. The van der Waals surface area contributed by atoms with Gasteiger partial charge in [-0.25, -0.2) is 18.1 Å². The Bertz CT molecular complexity index is 744. The molecule has 1 heterocycles. The van der Waals surface area contributed by atoms with Crippen molar-refractivity contribution in [3.8, 4) is 0 Å². The Kier molecular flexibility index (Phi) is 4.88.